The van der Waals surface area contributed by atoms with Crippen LogP contribution in [-0.2, 0) is 38.3 Å². The van der Waals surface area contributed by atoms with E-state index in [1.165, 1.54) is 141 Å². The molecule has 0 aromatic carbocycles. The smallest absolute Gasteiger partial charge is 0.397 e. The molecule has 1 saturated heterocycles. The molecule has 1 fully saturated rings. The monoisotopic (exact) mass is 1100 g/mol. The van der Waals surface area contributed by atoms with Crippen LogP contribution in [0.5, 0.6) is 0 Å². The first-order valence-electron chi connectivity index (χ1n) is 30.8. The largest absolute Gasteiger partial charge is 0.457 e. The molecule has 6 unspecified atom stereocenters. The zero-order chi connectivity index (χ0) is 56.0. The molecule has 12 nitrogen and oxygen atoms in total. The number of unbranched alkanes of at least 4 members (excludes halogenated alkanes) is 27. The van der Waals surface area contributed by atoms with Crippen molar-refractivity contribution in [1.29, 1.82) is 0 Å². The maximum absolute atomic E-state index is 13.0. The molecule has 446 valence electrons. The number of carbonyl (C=O) groups is 1. The van der Waals surface area contributed by atoms with Gasteiger partial charge in [0.2, 0.25) is 0 Å². The van der Waals surface area contributed by atoms with Crippen molar-refractivity contribution < 1.29 is 56.2 Å². The molecule has 0 saturated carbocycles. The number of carbonyl (C=O) groups excluding carboxylic acids is 1. The second-order valence-corrected chi connectivity index (χ2v) is 22.0. The van der Waals surface area contributed by atoms with Crippen molar-refractivity contribution in [3.63, 3.8) is 0 Å². The third-order valence-corrected chi connectivity index (χ3v) is 14.2. The summed E-state index contributed by atoms with van der Waals surface area (Å²) < 4.78 is 59.5. The predicted octanol–water partition coefficient (Wildman–Crippen LogP) is 15.9. The highest BCUT2D eigenvalue weighted by molar-refractivity contribution is 7.80. The van der Waals surface area contributed by atoms with Crippen molar-refractivity contribution in [3.8, 4) is 0 Å². The molecule has 0 aliphatic carbocycles. The van der Waals surface area contributed by atoms with Crippen LogP contribution in [0, 0.1) is 0 Å². The summed E-state index contributed by atoms with van der Waals surface area (Å²) in [4.78, 5) is 13.0. The normalized spacial score (nSPS) is 19.1. The van der Waals surface area contributed by atoms with Crippen molar-refractivity contribution in [2.24, 2.45) is 0 Å². The van der Waals surface area contributed by atoms with Gasteiger partial charge in [-0.2, -0.15) is 8.42 Å². The molecule has 13 heteroatoms. The fraction of sp³-hybridized carbons (Fsp3) is 0.766. The fourth-order valence-corrected chi connectivity index (χ4v) is 9.69. The Balaban J connectivity index is 2.30. The summed E-state index contributed by atoms with van der Waals surface area (Å²) >= 11 is 0. The van der Waals surface area contributed by atoms with E-state index in [4.69, 9.17) is 18.9 Å². The van der Waals surface area contributed by atoms with E-state index in [2.05, 4.69) is 103 Å². The summed E-state index contributed by atoms with van der Waals surface area (Å²) in [7, 11) is -5.08. The lowest BCUT2D eigenvalue weighted by Crippen LogP contribution is -2.60. The summed E-state index contributed by atoms with van der Waals surface area (Å²) in [6, 6.07) is 0. The Hall–Kier alpha value is -2.72. The third-order valence-electron chi connectivity index (χ3n) is 13.8. The average molecular weight is 1110 g/mol. The predicted molar refractivity (Wildman–Crippen MR) is 317 cm³/mol. The fourth-order valence-electron chi connectivity index (χ4n) is 9.18. The Morgan fingerprint density at radius 2 is 0.896 bits per heavy atom. The molecular formula is C64H112O12S. The topological polar surface area (TPSA) is 178 Å². The Kier molecular flexibility index (Phi) is 50.6. The Labute approximate surface area is 470 Å². The number of hydrogen-bond acceptors (Lipinski definition) is 11. The van der Waals surface area contributed by atoms with Gasteiger partial charge in [0.25, 0.3) is 0 Å². The van der Waals surface area contributed by atoms with E-state index >= 15 is 0 Å². The van der Waals surface area contributed by atoms with E-state index < -0.39 is 59.8 Å². The van der Waals surface area contributed by atoms with Gasteiger partial charge in [-0.05, 0) is 70.6 Å². The van der Waals surface area contributed by atoms with Crippen LogP contribution in [0.4, 0.5) is 0 Å². The van der Waals surface area contributed by atoms with Crippen LogP contribution < -0.4 is 0 Å². The molecule has 1 rings (SSSR count). The van der Waals surface area contributed by atoms with Gasteiger partial charge in [0.05, 0.1) is 19.8 Å². The molecule has 0 spiro atoms. The van der Waals surface area contributed by atoms with Crippen LogP contribution in [0.15, 0.2) is 85.1 Å². The minimum absolute atomic E-state index is 0.0204. The molecule has 1 aliphatic rings. The highest BCUT2D eigenvalue weighted by atomic mass is 32.3. The van der Waals surface area contributed by atoms with E-state index in [0.29, 0.717) is 13.0 Å². The van der Waals surface area contributed by atoms with Gasteiger partial charge in [-0.3, -0.25) is 9.35 Å². The summed E-state index contributed by atoms with van der Waals surface area (Å²) in [5.41, 5.74) is 0. The number of rotatable bonds is 54. The van der Waals surface area contributed by atoms with Crippen LogP contribution in [0.3, 0.4) is 0 Å². The van der Waals surface area contributed by atoms with Crippen molar-refractivity contribution in [2.75, 3.05) is 26.4 Å². The van der Waals surface area contributed by atoms with Crippen molar-refractivity contribution in [1.82, 2.24) is 0 Å². The van der Waals surface area contributed by atoms with Gasteiger partial charge in [0.1, 0.15) is 30.5 Å². The first-order chi connectivity index (χ1) is 37.6. The third kappa shape index (κ3) is 46.7. The van der Waals surface area contributed by atoms with Gasteiger partial charge >= 0.3 is 16.4 Å². The van der Waals surface area contributed by atoms with Crippen molar-refractivity contribution >= 4 is 16.4 Å². The standard InChI is InChI=1S/C64H112O12S/c1-3-5-7-9-11-13-15-17-19-21-23-25-27-29-31-33-35-37-39-41-43-45-47-49-51-53-60(66)74-58(57-73-64-62(68)63(76-77(69,70)71)61(67)59(55-65)75-64)56-72-54-52-50-48-46-44-42-40-38-36-34-32-30-28-26-24-22-20-18-16-14-12-10-8-6-4-2/h5,7,11,13,17,19,23,25,29,31,35,37,41,43,58-59,61-65,67-68H,3-4,6,8-10,12,14-16,18,20-22,24,26-28,30,32-34,36,38-40,42,44-57H2,1-2H3,(H,69,70,71)/b7-5-,13-11-,19-17-,25-23-,31-29-,37-35-,43-41-. The average Bonchev–Trinajstić information content (AvgIpc) is 3.42. The summed E-state index contributed by atoms with van der Waals surface area (Å²) in [6.45, 7) is 3.88. The maximum atomic E-state index is 13.0. The second-order valence-electron chi connectivity index (χ2n) is 20.9. The van der Waals surface area contributed by atoms with E-state index in [1.807, 2.05) is 0 Å². The minimum Gasteiger partial charge on any atom is -0.457 e. The molecular weight excluding hydrogens is 993 g/mol. The van der Waals surface area contributed by atoms with Crippen LogP contribution in [0.2, 0.25) is 0 Å². The van der Waals surface area contributed by atoms with E-state index in [-0.39, 0.29) is 19.6 Å². The van der Waals surface area contributed by atoms with Gasteiger partial charge in [0, 0.05) is 13.0 Å². The van der Waals surface area contributed by atoms with Gasteiger partial charge in [-0.15, -0.1) is 0 Å². The molecule has 1 aliphatic heterocycles. The number of aliphatic hydroxyl groups is 3. The van der Waals surface area contributed by atoms with Crippen LogP contribution in [-0.4, -0.2) is 97.5 Å². The molecule has 0 aromatic rings. The lowest BCUT2D eigenvalue weighted by atomic mass is 9.99. The zero-order valence-corrected chi connectivity index (χ0v) is 49.3. The van der Waals surface area contributed by atoms with Gasteiger partial charge < -0.3 is 34.3 Å². The number of ether oxygens (including phenoxy) is 4. The zero-order valence-electron chi connectivity index (χ0n) is 48.5. The van der Waals surface area contributed by atoms with E-state index in [1.54, 1.807) is 0 Å². The van der Waals surface area contributed by atoms with Crippen LogP contribution >= 0.6 is 0 Å². The highest BCUT2D eigenvalue weighted by Gasteiger charge is 2.48. The molecule has 6 atom stereocenters. The Morgan fingerprint density at radius 3 is 1.30 bits per heavy atom. The number of hydrogen-bond donors (Lipinski definition) is 4. The maximum Gasteiger partial charge on any atom is 0.397 e. The van der Waals surface area contributed by atoms with Gasteiger partial charge in [-0.25, -0.2) is 4.18 Å². The molecule has 0 radical (unpaired) electrons. The quantitative estimate of drug-likeness (QED) is 0.0196. The van der Waals surface area contributed by atoms with E-state index in [9.17, 15) is 33.1 Å². The SMILES string of the molecule is CC/C=C\C/C=C\C/C=C\C/C=C\C/C=C\C/C=C\C/C=C\CCCCCC(=O)OC(COCCCCCCCCCCCCCCCCCCCCCCCCCCC)COC1OC(CO)C(O)C(OS(=O)(=O)O)C1O. The summed E-state index contributed by atoms with van der Waals surface area (Å²) in [5, 5.41) is 30.9. The summed E-state index contributed by atoms with van der Waals surface area (Å²) in [6.07, 6.45) is 64.9. The lowest BCUT2D eigenvalue weighted by Gasteiger charge is -2.41. The molecule has 0 bridgehead atoms. The number of allylic oxidation sites excluding steroid dienone is 14. The van der Waals surface area contributed by atoms with Crippen molar-refractivity contribution in [3.05, 3.63) is 85.1 Å². The minimum atomic E-state index is -5.08. The number of aliphatic hydroxyl groups excluding tert-OH is 3. The van der Waals surface area contributed by atoms with Crippen LogP contribution in [0.1, 0.15) is 251 Å². The molecule has 0 aromatic heterocycles. The highest BCUT2D eigenvalue weighted by Crippen LogP contribution is 2.26. The molecule has 1 heterocycles. The van der Waals surface area contributed by atoms with Crippen molar-refractivity contribution in [2.45, 2.75) is 288 Å². The van der Waals surface area contributed by atoms with Gasteiger partial charge in [0.15, 0.2) is 6.29 Å². The number of esters is 1. The Bertz CT molecular complexity index is 1660. The first kappa shape index (κ1) is 72.3. The van der Waals surface area contributed by atoms with E-state index in [0.717, 1.165) is 83.5 Å². The first-order valence-corrected chi connectivity index (χ1v) is 32.2. The lowest BCUT2D eigenvalue weighted by molar-refractivity contribution is -0.301. The molecule has 0 amide bonds. The Morgan fingerprint density at radius 1 is 0.506 bits per heavy atom. The second kappa shape index (κ2) is 53.9. The molecule has 77 heavy (non-hydrogen) atoms. The van der Waals surface area contributed by atoms with Crippen LogP contribution in [0.25, 0.3) is 0 Å². The molecule has 4 N–H and O–H groups in total. The van der Waals surface area contributed by atoms with Gasteiger partial charge in [-0.1, -0.05) is 259 Å². The summed E-state index contributed by atoms with van der Waals surface area (Å²) in [5.74, 6) is -0.429.